The number of hydrogen-bond acceptors (Lipinski definition) is 7. The first-order chi connectivity index (χ1) is 20.8. The van der Waals surface area contributed by atoms with Gasteiger partial charge in [-0.25, -0.2) is 24.9 Å². The number of aromatic nitrogens is 8. The maximum Gasteiger partial charge on any atom is 0.164 e. The molecule has 2 aromatic heterocycles. The minimum absolute atomic E-state index is 0.552. The fourth-order valence-electron chi connectivity index (χ4n) is 5.46. The molecule has 0 N–H and O–H groups in total. The van der Waals surface area contributed by atoms with Gasteiger partial charge in [-0.1, -0.05) is 97.1 Å². The molecule has 0 fully saturated rings. The van der Waals surface area contributed by atoms with E-state index in [1.54, 1.807) is 0 Å². The minimum atomic E-state index is 0.552. The summed E-state index contributed by atoms with van der Waals surface area (Å²) in [7, 11) is 0. The zero-order chi connectivity index (χ0) is 28.2. The van der Waals surface area contributed by atoms with Gasteiger partial charge in [0.2, 0.25) is 0 Å². The van der Waals surface area contributed by atoms with Crippen LogP contribution in [0, 0.1) is 0 Å². The van der Waals surface area contributed by atoms with Gasteiger partial charge in [-0.15, -0.1) is 11.3 Å². The predicted molar refractivity (Wildman–Crippen MR) is 153 cm³/mol. The van der Waals surface area contributed by atoms with Crippen molar-refractivity contribution in [2.75, 3.05) is 0 Å². The van der Waals surface area contributed by atoms with Crippen LogP contribution in [0.5, 0.6) is 0 Å². The Balaban J connectivity index is 0.00000131. The van der Waals surface area contributed by atoms with Crippen molar-refractivity contribution in [3.8, 4) is 68.3 Å². The Kier molecular flexibility index (Phi) is 5.66. The van der Waals surface area contributed by atoms with Crippen LogP contribution in [0.3, 0.4) is 0 Å². The van der Waals surface area contributed by atoms with Crippen LogP contribution in [-0.4, -0.2) is 29.9 Å². The van der Waals surface area contributed by atoms with Crippen LogP contribution in [0.1, 0.15) is 0 Å². The molecule has 0 aliphatic carbocycles. The van der Waals surface area contributed by atoms with Gasteiger partial charge in [-0.2, -0.15) is 0 Å². The van der Waals surface area contributed by atoms with E-state index >= 15 is 0 Å². The van der Waals surface area contributed by atoms with Crippen molar-refractivity contribution in [2.45, 2.75) is 0 Å². The second-order valence-corrected chi connectivity index (χ2v) is 9.67. The molecule has 42 heavy (non-hydrogen) atoms. The molecule has 0 radical (unpaired) electrons. The molecular formula is C32H16N8OTi. The molecule has 5 heterocycles. The summed E-state index contributed by atoms with van der Waals surface area (Å²) < 4.78 is 8.25. The molecule has 194 valence electrons. The molecule has 0 amide bonds. The molecule has 6 aromatic rings. The average Bonchev–Trinajstić information content (AvgIpc) is 3.78. The number of nitrogens with zero attached hydrogens (tertiary/aromatic N) is 8. The molecule has 10 heteroatoms. The van der Waals surface area contributed by atoms with Crippen molar-refractivity contribution in [1.82, 2.24) is 39.9 Å². The molecule has 0 saturated heterocycles. The number of benzene rings is 4. The number of fused-ring (bicyclic) bond motifs is 20. The molecule has 0 atom stereocenters. The van der Waals surface area contributed by atoms with Gasteiger partial charge >= 0.3 is 23.7 Å². The first-order valence-corrected chi connectivity index (χ1v) is 13.7. The number of rotatable bonds is 0. The Bertz CT molecular complexity index is 2120. The van der Waals surface area contributed by atoms with Crippen molar-refractivity contribution in [2.24, 2.45) is 0 Å². The molecule has 9 rings (SSSR count). The van der Waals surface area contributed by atoms with Crippen LogP contribution in [0.4, 0.5) is 0 Å². The summed E-state index contributed by atoms with van der Waals surface area (Å²) in [6, 6.07) is 31.8. The molecule has 4 aromatic carbocycles. The third-order valence-electron chi connectivity index (χ3n) is 7.33. The Morgan fingerprint density at radius 3 is 1.31 bits per heavy atom. The van der Waals surface area contributed by atoms with Gasteiger partial charge in [0, 0.05) is 45.0 Å². The SMILES string of the molecule is [O]=[Ti+2].c1ccc2c(c1)-c1nc3nc(nc4[n-]c([n-]c5nc(nc-2n1)-c1ccccc1-5)c1ccccc41)-c1ccccc1-3. The fourth-order valence-corrected chi connectivity index (χ4v) is 5.46. The number of hydrogen-bond donors (Lipinski definition) is 0. The van der Waals surface area contributed by atoms with E-state index in [2.05, 4.69) is 0 Å². The van der Waals surface area contributed by atoms with E-state index in [9.17, 15) is 0 Å². The smallest absolute Gasteiger partial charge is 0.164 e. The minimum Gasteiger partial charge on any atom is -0.523 e. The Hall–Kier alpha value is -5.25. The second-order valence-electron chi connectivity index (χ2n) is 9.67. The zero-order valence-corrected chi connectivity index (χ0v) is 23.3. The normalized spacial score (nSPS) is 11.6. The van der Waals surface area contributed by atoms with Gasteiger partial charge in [0.05, 0.1) is 0 Å². The monoisotopic (exact) mass is 576 g/mol. The predicted octanol–water partition coefficient (Wildman–Crippen LogP) is 5.91. The maximum atomic E-state index is 8.25. The van der Waals surface area contributed by atoms with Crippen molar-refractivity contribution in [3.63, 3.8) is 0 Å². The van der Waals surface area contributed by atoms with Gasteiger partial charge in [-0.05, 0) is 10.8 Å². The van der Waals surface area contributed by atoms with Crippen LogP contribution in [0.2, 0.25) is 0 Å². The summed E-state index contributed by atoms with van der Waals surface area (Å²) in [6.07, 6.45) is 0. The summed E-state index contributed by atoms with van der Waals surface area (Å²) in [5.41, 5.74) is 6.46. The average molecular weight is 576 g/mol. The molecule has 0 spiro atoms. The van der Waals surface area contributed by atoms with E-state index in [-0.39, 0.29) is 0 Å². The van der Waals surface area contributed by atoms with Gasteiger partial charge < -0.3 is 15.0 Å². The van der Waals surface area contributed by atoms with E-state index in [1.165, 1.54) is 0 Å². The second kappa shape index (κ2) is 9.69. The van der Waals surface area contributed by atoms with Crippen molar-refractivity contribution >= 4 is 22.1 Å². The maximum absolute atomic E-state index is 8.25. The molecule has 3 aliphatic heterocycles. The van der Waals surface area contributed by atoms with Crippen LogP contribution in [0.15, 0.2) is 97.1 Å². The first-order valence-electron chi connectivity index (χ1n) is 13.1. The largest absolute Gasteiger partial charge is 0.523 e. The van der Waals surface area contributed by atoms with Crippen LogP contribution in [0.25, 0.3) is 90.4 Å². The Morgan fingerprint density at radius 2 is 0.786 bits per heavy atom. The standard InChI is InChI=1S/C32H16N8.O.Ti/c1-2-10-18-17(9-1)25-33-26(18)38-28-21-13-5-6-14-22(21)30(35-28)40-32-24-16-8-7-15-23(24)31(36-32)39-29-20-12-4-3-11-19(20)27(34-29)37-25;;/h1-16H;;/q-2;;+2. The third-order valence-corrected chi connectivity index (χ3v) is 7.33. The molecule has 8 bridgehead atoms. The summed E-state index contributed by atoms with van der Waals surface area (Å²) >= 11 is 0.750. The van der Waals surface area contributed by atoms with Crippen molar-refractivity contribution in [1.29, 1.82) is 0 Å². The zero-order valence-electron chi connectivity index (χ0n) is 21.7. The molecule has 3 aliphatic rings. The Labute approximate surface area is 250 Å². The summed E-state index contributed by atoms with van der Waals surface area (Å²) in [5.74, 6) is 3.31. The van der Waals surface area contributed by atoms with Crippen LogP contribution in [-0.2, 0) is 23.7 Å². The summed E-state index contributed by atoms with van der Waals surface area (Å²) in [5, 5.41) is 1.79. The molecule has 0 saturated carbocycles. The van der Waals surface area contributed by atoms with E-state index < -0.39 is 0 Å². The molecule has 0 unspecified atom stereocenters. The van der Waals surface area contributed by atoms with Gasteiger partial charge in [0.1, 0.15) is 0 Å². The quantitative estimate of drug-likeness (QED) is 0.203. The topological polar surface area (TPSA) is 123 Å². The summed E-state index contributed by atoms with van der Waals surface area (Å²) in [6.45, 7) is 0. The van der Waals surface area contributed by atoms with E-state index in [0.717, 1.165) is 64.6 Å². The molecular weight excluding hydrogens is 560 g/mol. The van der Waals surface area contributed by atoms with Gasteiger partial charge in [-0.3, -0.25) is 0 Å². The Morgan fingerprint density at radius 1 is 0.405 bits per heavy atom. The van der Waals surface area contributed by atoms with E-state index in [0.29, 0.717) is 46.2 Å². The van der Waals surface area contributed by atoms with E-state index in [1.807, 2.05) is 97.1 Å². The fraction of sp³-hybridized carbons (Fsp3) is 0. The summed E-state index contributed by atoms with van der Waals surface area (Å²) in [4.78, 5) is 39.3. The van der Waals surface area contributed by atoms with Gasteiger partial charge in [0.15, 0.2) is 23.3 Å². The third kappa shape index (κ3) is 3.75. The van der Waals surface area contributed by atoms with Crippen molar-refractivity contribution in [3.05, 3.63) is 97.1 Å². The van der Waals surface area contributed by atoms with Crippen molar-refractivity contribution < 1.29 is 23.7 Å². The van der Waals surface area contributed by atoms with E-state index in [4.69, 9.17) is 43.2 Å². The first kappa shape index (κ1) is 24.5. The van der Waals surface area contributed by atoms with Crippen LogP contribution >= 0.6 is 0 Å². The molecule has 9 nitrogen and oxygen atoms in total. The van der Waals surface area contributed by atoms with Crippen LogP contribution < -0.4 is 9.97 Å². The van der Waals surface area contributed by atoms with Gasteiger partial charge in [0.25, 0.3) is 0 Å².